The Morgan fingerprint density at radius 3 is 2.52 bits per heavy atom. The molecule has 0 aliphatic heterocycles. The van der Waals surface area contributed by atoms with Crippen molar-refractivity contribution in [3.05, 3.63) is 59.1 Å². The molecule has 3 aromatic rings. The Kier molecular flexibility index (Phi) is 4.43. The van der Waals surface area contributed by atoms with E-state index in [2.05, 4.69) is 16.3 Å². The molecule has 0 spiro atoms. The van der Waals surface area contributed by atoms with Crippen LogP contribution >= 0.6 is 34.7 Å². The lowest BCUT2D eigenvalue weighted by atomic mass is 10.2. The van der Waals surface area contributed by atoms with Gasteiger partial charge in [0.15, 0.2) is 5.01 Å². The molecule has 0 aliphatic rings. The van der Waals surface area contributed by atoms with Gasteiger partial charge in [0.25, 0.3) is 0 Å². The number of rotatable bonds is 4. The summed E-state index contributed by atoms with van der Waals surface area (Å²) >= 11 is 9.07. The van der Waals surface area contributed by atoms with Crippen LogP contribution < -0.4 is 5.73 Å². The van der Waals surface area contributed by atoms with Gasteiger partial charge in [-0.15, -0.1) is 22.0 Å². The summed E-state index contributed by atoms with van der Waals surface area (Å²) in [5, 5.41) is 10.1. The second-order valence-corrected chi connectivity index (χ2v) is 6.82. The summed E-state index contributed by atoms with van der Waals surface area (Å²) in [7, 11) is 0. The van der Waals surface area contributed by atoms with Crippen LogP contribution in [0.15, 0.2) is 53.4 Å². The molecule has 3 rings (SSSR count). The highest BCUT2D eigenvalue weighted by atomic mass is 35.5. The van der Waals surface area contributed by atoms with Gasteiger partial charge >= 0.3 is 0 Å². The molecule has 2 aromatic carbocycles. The standard InChI is InChI=1S/C15H12ClN3S2/c16-11-7-5-10(6-8-11)9-20-13-4-2-1-3-12(13)14-18-19-15(17)21-14/h1-8H,9H2,(H2,17,19). The molecule has 0 fully saturated rings. The number of hydrogen-bond acceptors (Lipinski definition) is 5. The number of aromatic nitrogens is 2. The van der Waals surface area contributed by atoms with Gasteiger partial charge < -0.3 is 5.73 Å². The lowest BCUT2D eigenvalue weighted by Crippen LogP contribution is -1.84. The van der Waals surface area contributed by atoms with Gasteiger partial charge in [-0.25, -0.2) is 0 Å². The number of hydrogen-bond donors (Lipinski definition) is 1. The van der Waals surface area contributed by atoms with E-state index in [9.17, 15) is 0 Å². The number of nitrogens with zero attached hydrogens (tertiary/aromatic N) is 2. The van der Waals surface area contributed by atoms with Gasteiger partial charge in [0.1, 0.15) is 0 Å². The van der Waals surface area contributed by atoms with Crippen LogP contribution in [0.25, 0.3) is 10.6 Å². The van der Waals surface area contributed by atoms with Gasteiger partial charge in [0.2, 0.25) is 5.13 Å². The van der Waals surface area contributed by atoms with Crippen LogP contribution in [0.2, 0.25) is 5.02 Å². The molecule has 0 bridgehead atoms. The van der Waals surface area contributed by atoms with Crippen LogP contribution in [-0.2, 0) is 5.75 Å². The largest absolute Gasteiger partial charge is 0.374 e. The molecule has 0 radical (unpaired) electrons. The Morgan fingerprint density at radius 1 is 1.05 bits per heavy atom. The Labute approximate surface area is 136 Å². The van der Waals surface area contributed by atoms with E-state index in [-0.39, 0.29) is 0 Å². The molecule has 1 heterocycles. The monoisotopic (exact) mass is 333 g/mol. The van der Waals surface area contributed by atoms with Crippen molar-refractivity contribution in [2.24, 2.45) is 0 Å². The Bertz CT molecular complexity index is 741. The SMILES string of the molecule is Nc1nnc(-c2ccccc2SCc2ccc(Cl)cc2)s1. The van der Waals surface area contributed by atoms with E-state index in [1.165, 1.54) is 21.8 Å². The van der Waals surface area contributed by atoms with E-state index in [1.807, 2.05) is 42.5 Å². The molecule has 0 aliphatic carbocycles. The van der Waals surface area contributed by atoms with Crippen molar-refractivity contribution in [3.8, 4) is 10.6 Å². The first kappa shape index (κ1) is 14.4. The molecule has 3 nitrogen and oxygen atoms in total. The fourth-order valence-corrected chi connectivity index (χ4v) is 3.70. The minimum atomic E-state index is 0.488. The van der Waals surface area contributed by atoms with Crippen LogP contribution in [0.3, 0.4) is 0 Å². The first-order valence-electron chi connectivity index (χ1n) is 6.28. The van der Waals surface area contributed by atoms with Crippen LogP contribution in [-0.4, -0.2) is 10.2 Å². The number of nitrogens with two attached hydrogens (primary N) is 1. The van der Waals surface area contributed by atoms with E-state index in [1.54, 1.807) is 11.8 Å². The van der Waals surface area contributed by atoms with Crippen molar-refractivity contribution in [2.45, 2.75) is 10.6 Å². The predicted molar refractivity (Wildman–Crippen MR) is 90.8 cm³/mol. The van der Waals surface area contributed by atoms with Gasteiger partial charge in [-0.05, 0) is 23.8 Å². The Hall–Kier alpha value is -1.56. The summed E-state index contributed by atoms with van der Waals surface area (Å²) < 4.78 is 0. The smallest absolute Gasteiger partial charge is 0.203 e. The van der Waals surface area contributed by atoms with Crippen LogP contribution in [0, 0.1) is 0 Å². The number of nitrogen functional groups attached to an aromatic ring is 1. The molecule has 6 heteroatoms. The van der Waals surface area contributed by atoms with Gasteiger partial charge in [-0.2, -0.15) is 0 Å². The van der Waals surface area contributed by atoms with E-state index < -0.39 is 0 Å². The third-order valence-corrected chi connectivity index (χ3v) is 5.05. The molecule has 2 N–H and O–H groups in total. The molecular formula is C15H12ClN3S2. The normalized spacial score (nSPS) is 10.7. The maximum absolute atomic E-state index is 5.90. The predicted octanol–water partition coefficient (Wildman–Crippen LogP) is 4.73. The van der Waals surface area contributed by atoms with Crippen LogP contribution in [0.5, 0.6) is 0 Å². The molecule has 0 saturated heterocycles. The number of halogens is 1. The van der Waals surface area contributed by atoms with Crippen molar-refractivity contribution in [3.63, 3.8) is 0 Å². The second-order valence-electron chi connectivity index (χ2n) is 4.36. The van der Waals surface area contributed by atoms with Crippen molar-refractivity contribution in [1.29, 1.82) is 0 Å². The summed E-state index contributed by atoms with van der Waals surface area (Å²) in [6, 6.07) is 16.1. The first-order valence-corrected chi connectivity index (χ1v) is 8.46. The minimum Gasteiger partial charge on any atom is -0.374 e. The molecule has 0 amide bonds. The molecule has 0 unspecified atom stereocenters. The molecular weight excluding hydrogens is 322 g/mol. The van der Waals surface area contributed by atoms with E-state index in [0.29, 0.717) is 5.13 Å². The molecule has 106 valence electrons. The average Bonchev–Trinajstić information content (AvgIpc) is 2.93. The maximum Gasteiger partial charge on any atom is 0.203 e. The van der Waals surface area contributed by atoms with Crippen LogP contribution in [0.4, 0.5) is 5.13 Å². The highest BCUT2D eigenvalue weighted by Crippen LogP contribution is 2.35. The van der Waals surface area contributed by atoms with Crippen LogP contribution in [0.1, 0.15) is 5.56 Å². The molecule has 0 saturated carbocycles. The zero-order valence-electron chi connectivity index (χ0n) is 11.0. The Balaban J connectivity index is 1.81. The first-order chi connectivity index (χ1) is 10.2. The molecule has 0 atom stereocenters. The van der Waals surface area contributed by atoms with Gasteiger partial charge in [0, 0.05) is 21.2 Å². The average molecular weight is 334 g/mol. The summed E-state index contributed by atoms with van der Waals surface area (Å²) in [5.74, 6) is 0.877. The zero-order valence-corrected chi connectivity index (χ0v) is 13.4. The number of benzene rings is 2. The Morgan fingerprint density at radius 2 is 1.81 bits per heavy atom. The fourth-order valence-electron chi connectivity index (χ4n) is 1.85. The van der Waals surface area contributed by atoms with E-state index >= 15 is 0 Å². The number of anilines is 1. The van der Waals surface area contributed by atoms with Crippen molar-refractivity contribution >= 4 is 39.8 Å². The lowest BCUT2D eigenvalue weighted by molar-refractivity contribution is 1.10. The molecule has 1 aromatic heterocycles. The highest BCUT2D eigenvalue weighted by molar-refractivity contribution is 7.98. The van der Waals surface area contributed by atoms with Crippen molar-refractivity contribution < 1.29 is 0 Å². The quantitative estimate of drug-likeness (QED) is 0.701. The third-order valence-electron chi connectivity index (χ3n) is 2.87. The second kappa shape index (κ2) is 6.47. The van der Waals surface area contributed by atoms with E-state index in [4.69, 9.17) is 17.3 Å². The van der Waals surface area contributed by atoms with Crippen molar-refractivity contribution in [2.75, 3.05) is 5.73 Å². The summed E-state index contributed by atoms with van der Waals surface area (Å²) in [5.41, 5.74) is 7.98. The van der Waals surface area contributed by atoms with Gasteiger partial charge in [-0.3, -0.25) is 0 Å². The van der Waals surface area contributed by atoms with Crippen molar-refractivity contribution in [1.82, 2.24) is 10.2 Å². The molecule has 21 heavy (non-hydrogen) atoms. The number of thioether (sulfide) groups is 1. The zero-order chi connectivity index (χ0) is 14.7. The third kappa shape index (κ3) is 3.56. The maximum atomic E-state index is 5.90. The summed E-state index contributed by atoms with van der Waals surface area (Å²) in [6.07, 6.45) is 0. The summed E-state index contributed by atoms with van der Waals surface area (Å²) in [4.78, 5) is 1.17. The van der Waals surface area contributed by atoms with E-state index in [0.717, 1.165) is 21.3 Å². The van der Waals surface area contributed by atoms with Gasteiger partial charge in [-0.1, -0.05) is 53.3 Å². The highest BCUT2D eigenvalue weighted by Gasteiger charge is 2.10. The summed E-state index contributed by atoms with van der Waals surface area (Å²) in [6.45, 7) is 0. The topological polar surface area (TPSA) is 51.8 Å². The lowest BCUT2D eigenvalue weighted by Gasteiger charge is -2.06. The minimum absolute atomic E-state index is 0.488. The fraction of sp³-hybridized carbons (Fsp3) is 0.0667. The van der Waals surface area contributed by atoms with Gasteiger partial charge in [0.05, 0.1) is 0 Å².